The lowest BCUT2D eigenvalue weighted by Gasteiger charge is -2.26. The normalized spacial score (nSPS) is 19.8. The molecule has 1 aromatic rings. The van der Waals surface area contributed by atoms with Crippen LogP contribution in [-0.2, 0) is 13.9 Å². The van der Waals surface area contributed by atoms with E-state index in [-0.39, 0.29) is 9.83 Å². The van der Waals surface area contributed by atoms with Gasteiger partial charge in [0.15, 0.2) is 0 Å². The van der Waals surface area contributed by atoms with Crippen molar-refractivity contribution in [1.29, 1.82) is 0 Å². The van der Waals surface area contributed by atoms with Gasteiger partial charge in [-0.2, -0.15) is 0 Å². The van der Waals surface area contributed by atoms with E-state index in [4.69, 9.17) is 0 Å². The van der Waals surface area contributed by atoms with Crippen molar-refractivity contribution in [3.8, 4) is 0 Å². The minimum atomic E-state index is -2.96. The molecule has 2 nitrogen and oxygen atoms in total. The smallest absolute Gasteiger partial charge is 0.150 e. The van der Waals surface area contributed by atoms with Gasteiger partial charge in [0.25, 0.3) is 0 Å². The predicted molar refractivity (Wildman–Crippen MR) is 72.7 cm³/mol. The minimum absolute atomic E-state index is 0.222. The fourth-order valence-electron chi connectivity index (χ4n) is 1.83. The highest BCUT2D eigenvalue weighted by Crippen LogP contribution is 2.52. The van der Waals surface area contributed by atoms with Crippen LogP contribution in [-0.4, -0.2) is 31.9 Å². The van der Waals surface area contributed by atoms with Gasteiger partial charge in [0.05, 0.1) is 9.83 Å². The van der Waals surface area contributed by atoms with Crippen molar-refractivity contribution in [2.45, 2.75) is 4.08 Å². The molecule has 16 heavy (non-hydrogen) atoms. The van der Waals surface area contributed by atoms with E-state index in [1.54, 1.807) is 23.5 Å². The molecule has 1 aromatic carbocycles. The lowest BCUT2D eigenvalue weighted by molar-refractivity contribution is 0.599. The zero-order valence-electron chi connectivity index (χ0n) is 9.05. The molecule has 0 amide bonds. The van der Waals surface area contributed by atoms with E-state index in [1.807, 2.05) is 30.3 Å². The summed E-state index contributed by atoms with van der Waals surface area (Å²) in [5.41, 5.74) is 1.12. The van der Waals surface area contributed by atoms with Crippen LogP contribution in [0.3, 0.4) is 0 Å². The first-order valence-corrected chi connectivity index (χ1v) is 9.06. The maximum absolute atomic E-state index is 11.5. The van der Waals surface area contributed by atoms with E-state index < -0.39 is 9.84 Å². The summed E-state index contributed by atoms with van der Waals surface area (Å²) in [4.78, 5) is 0. The van der Waals surface area contributed by atoms with Crippen LogP contribution in [0.15, 0.2) is 30.3 Å². The third-order valence-corrected chi connectivity index (χ3v) is 7.22. The topological polar surface area (TPSA) is 34.1 Å². The Balaban J connectivity index is 2.37. The summed E-state index contributed by atoms with van der Waals surface area (Å²) in [7, 11) is -2.96. The van der Waals surface area contributed by atoms with Gasteiger partial charge in [0, 0.05) is 17.8 Å². The van der Waals surface area contributed by atoms with Crippen molar-refractivity contribution in [2.24, 2.45) is 0 Å². The minimum Gasteiger partial charge on any atom is -0.229 e. The van der Waals surface area contributed by atoms with Gasteiger partial charge in [-0.1, -0.05) is 30.3 Å². The van der Waals surface area contributed by atoms with Crippen LogP contribution in [0.1, 0.15) is 5.56 Å². The molecule has 0 unspecified atom stereocenters. The van der Waals surface area contributed by atoms with Gasteiger partial charge in [0.2, 0.25) is 0 Å². The van der Waals surface area contributed by atoms with Crippen LogP contribution in [0.2, 0.25) is 0 Å². The lowest BCUT2D eigenvalue weighted by atomic mass is 10.2. The molecule has 0 spiro atoms. The Kier molecular flexibility index (Phi) is 3.56. The fraction of sp³-hybridized carbons (Fsp3) is 0.455. The van der Waals surface area contributed by atoms with E-state index in [0.29, 0.717) is 0 Å². The molecule has 0 aliphatic carbocycles. The molecule has 0 radical (unpaired) electrons. The maximum Gasteiger partial charge on any atom is 0.150 e. The second kappa shape index (κ2) is 4.63. The Hall–Kier alpha value is -0.130. The first-order valence-electron chi connectivity index (χ1n) is 5.03. The van der Waals surface area contributed by atoms with Crippen molar-refractivity contribution in [3.63, 3.8) is 0 Å². The molecule has 0 aromatic heterocycles. The number of sulfone groups is 1. The van der Waals surface area contributed by atoms with E-state index in [2.05, 4.69) is 0 Å². The van der Waals surface area contributed by atoms with E-state index in [1.165, 1.54) is 6.26 Å². The molecule has 88 valence electrons. The monoisotopic (exact) mass is 274 g/mol. The zero-order valence-corrected chi connectivity index (χ0v) is 11.5. The highest BCUT2D eigenvalue weighted by molar-refractivity contribution is 8.21. The van der Waals surface area contributed by atoms with Crippen molar-refractivity contribution in [1.82, 2.24) is 0 Å². The summed E-state index contributed by atoms with van der Waals surface area (Å²) < 4.78 is 22.8. The van der Waals surface area contributed by atoms with Crippen LogP contribution < -0.4 is 0 Å². The lowest BCUT2D eigenvalue weighted by Crippen LogP contribution is -2.25. The fourth-order valence-corrected chi connectivity index (χ4v) is 7.40. The molecular formula is C11H14O2S3. The number of hydrogen-bond acceptors (Lipinski definition) is 4. The quantitative estimate of drug-likeness (QED) is 0.847. The third kappa shape index (κ3) is 2.76. The summed E-state index contributed by atoms with van der Waals surface area (Å²) in [5.74, 6) is 2.27. The molecular weight excluding hydrogens is 260 g/mol. The number of rotatable bonds is 3. The molecule has 1 saturated heterocycles. The molecule has 1 aliphatic rings. The Labute approximate surface area is 105 Å². The van der Waals surface area contributed by atoms with Gasteiger partial charge in [-0.15, -0.1) is 23.5 Å². The first-order chi connectivity index (χ1) is 7.52. The molecule has 0 saturated carbocycles. The predicted octanol–water partition coefficient (Wildman–Crippen LogP) is 2.36. The van der Waals surface area contributed by atoms with Crippen LogP contribution in [0.5, 0.6) is 0 Å². The molecule has 0 bridgehead atoms. The highest BCUT2D eigenvalue weighted by Gasteiger charge is 2.40. The van der Waals surface area contributed by atoms with E-state index in [0.717, 1.165) is 17.1 Å². The number of benzene rings is 1. The van der Waals surface area contributed by atoms with E-state index >= 15 is 0 Å². The summed E-state index contributed by atoms with van der Waals surface area (Å²) in [5, 5.41) is 0. The highest BCUT2D eigenvalue weighted by atomic mass is 32.2. The molecule has 5 heteroatoms. The number of hydrogen-bond donors (Lipinski definition) is 0. The standard InChI is InChI=1S/C11H14O2S3/c1-16(12,13)9-11(14-7-8-15-11)10-5-3-2-4-6-10/h2-6H,7-9H2,1H3. The number of thioether (sulfide) groups is 2. The van der Waals surface area contributed by atoms with Crippen molar-refractivity contribution >= 4 is 33.4 Å². The molecule has 0 atom stereocenters. The molecule has 2 rings (SSSR count). The van der Waals surface area contributed by atoms with Gasteiger partial charge in [0.1, 0.15) is 9.84 Å². The average molecular weight is 274 g/mol. The largest absolute Gasteiger partial charge is 0.229 e. The first kappa shape index (κ1) is 12.3. The van der Waals surface area contributed by atoms with Gasteiger partial charge >= 0.3 is 0 Å². The Bertz CT molecular complexity index is 447. The van der Waals surface area contributed by atoms with Crippen molar-refractivity contribution < 1.29 is 8.42 Å². The average Bonchev–Trinajstić information content (AvgIpc) is 2.66. The second-order valence-electron chi connectivity index (χ2n) is 3.89. The third-order valence-electron chi connectivity index (χ3n) is 2.42. The molecule has 1 fully saturated rings. The Morgan fingerprint density at radius 2 is 1.75 bits per heavy atom. The van der Waals surface area contributed by atoms with Gasteiger partial charge in [-0.25, -0.2) is 8.42 Å². The summed E-state index contributed by atoms with van der Waals surface area (Å²) in [6.45, 7) is 0. The Morgan fingerprint density at radius 3 is 2.25 bits per heavy atom. The summed E-state index contributed by atoms with van der Waals surface area (Å²) in [6, 6.07) is 9.95. The second-order valence-corrected chi connectivity index (χ2v) is 9.07. The van der Waals surface area contributed by atoms with Crippen LogP contribution in [0.25, 0.3) is 0 Å². The maximum atomic E-state index is 11.5. The molecule has 1 heterocycles. The van der Waals surface area contributed by atoms with E-state index in [9.17, 15) is 8.42 Å². The van der Waals surface area contributed by atoms with Crippen molar-refractivity contribution in [3.05, 3.63) is 35.9 Å². The molecule has 0 N–H and O–H groups in total. The SMILES string of the molecule is CS(=O)(=O)CC1(c2ccccc2)SCCS1. The van der Waals surface area contributed by atoms with Crippen LogP contribution in [0.4, 0.5) is 0 Å². The molecule has 1 aliphatic heterocycles. The summed E-state index contributed by atoms with van der Waals surface area (Å²) in [6.07, 6.45) is 1.32. The van der Waals surface area contributed by atoms with Gasteiger partial charge < -0.3 is 0 Å². The van der Waals surface area contributed by atoms with Crippen molar-refractivity contribution in [2.75, 3.05) is 23.5 Å². The van der Waals surface area contributed by atoms with Gasteiger partial charge in [-0.3, -0.25) is 0 Å². The zero-order chi connectivity index (χ0) is 11.6. The van der Waals surface area contributed by atoms with Crippen LogP contribution >= 0.6 is 23.5 Å². The van der Waals surface area contributed by atoms with Crippen LogP contribution in [0, 0.1) is 0 Å². The Morgan fingerprint density at radius 1 is 1.19 bits per heavy atom. The summed E-state index contributed by atoms with van der Waals surface area (Å²) >= 11 is 3.51. The van der Waals surface area contributed by atoms with Gasteiger partial charge in [-0.05, 0) is 5.56 Å².